The van der Waals surface area contributed by atoms with Crippen LogP contribution >= 0.6 is 12.4 Å². The zero-order valence-corrected chi connectivity index (χ0v) is 13.1. The number of nitrogens with one attached hydrogen (secondary N) is 1. The highest BCUT2D eigenvalue weighted by atomic mass is 35.5. The molecule has 0 aliphatic carbocycles. The smallest absolute Gasteiger partial charge is 0.253 e. The molecule has 1 aromatic carbocycles. The molecule has 1 fully saturated rings. The lowest BCUT2D eigenvalue weighted by Crippen LogP contribution is -2.29. The number of nitrogens with zero attached hydrogens (tertiary/aromatic N) is 2. The standard InChI is InChI=1S/C15H17FN4O2.ClH/c16-12-3-1-2-4-13(12)20-9-10(8-18-20)19-15(21)14-6-5-11(7-17)22-14;/h1-4,8-9,11,14H,5-7,17H2,(H,19,21);1H/t11-,14+;/m1./s1. The molecule has 8 heteroatoms. The van der Waals surface area contributed by atoms with Crippen molar-refractivity contribution in [2.75, 3.05) is 11.9 Å². The molecular weight excluding hydrogens is 323 g/mol. The summed E-state index contributed by atoms with van der Waals surface area (Å²) in [4.78, 5) is 12.1. The number of nitrogens with two attached hydrogens (primary N) is 1. The number of ether oxygens (including phenoxy) is 1. The first-order chi connectivity index (χ1) is 10.7. The molecule has 0 radical (unpaired) electrons. The number of hydrogen-bond acceptors (Lipinski definition) is 4. The first kappa shape index (κ1) is 17.4. The van der Waals surface area contributed by atoms with E-state index in [0.717, 1.165) is 6.42 Å². The van der Waals surface area contributed by atoms with Crippen LogP contribution < -0.4 is 11.1 Å². The Morgan fingerprint density at radius 2 is 2.22 bits per heavy atom. The predicted molar refractivity (Wildman–Crippen MR) is 86.3 cm³/mol. The first-order valence-electron chi connectivity index (χ1n) is 7.13. The number of aromatic nitrogens is 2. The zero-order valence-electron chi connectivity index (χ0n) is 12.3. The Bertz CT molecular complexity index is 679. The number of hydrogen-bond donors (Lipinski definition) is 2. The van der Waals surface area contributed by atoms with Gasteiger partial charge in [0, 0.05) is 6.54 Å². The molecule has 2 atom stereocenters. The van der Waals surface area contributed by atoms with Gasteiger partial charge in [0.25, 0.3) is 5.91 Å². The highest BCUT2D eigenvalue weighted by molar-refractivity contribution is 5.94. The Morgan fingerprint density at radius 1 is 1.43 bits per heavy atom. The minimum absolute atomic E-state index is 0. The van der Waals surface area contributed by atoms with Gasteiger partial charge in [-0.05, 0) is 25.0 Å². The molecule has 6 nitrogen and oxygen atoms in total. The molecule has 1 aliphatic rings. The molecule has 23 heavy (non-hydrogen) atoms. The summed E-state index contributed by atoms with van der Waals surface area (Å²) in [5, 5.41) is 6.79. The first-order valence-corrected chi connectivity index (χ1v) is 7.13. The van der Waals surface area contributed by atoms with Gasteiger partial charge in [0.05, 0.1) is 24.2 Å². The molecule has 3 rings (SSSR count). The zero-order chi connectivity index (χ0) is 15.5. The van der Waals surface area contributed by atoms with Crippen molar-refractivity contribution in [2.24, 2.45) is 5.73 Å². The molecule has 0 spiro atoms. The maximum absolute atomic E-state index is 13.7. The lowest BCUT2D eigenvalue weighted by molar-refractivity contribution is -0.126. The monoisotopic (exact) mass is 340 g/mol. The van der Waals surface area contributed by atoms with Gasteiger partial charge in [-0.25, -0.2) is 9.07 Å². The van der Waals surface area contributed by atoms with Gasteiger partial charge in [-0.2, -0.15) is 5.10 Å². The highest BCUT2D eigenvalue weighted by Gasteiger charge is 2.30. The number of para-hydroxylation sites is 1. The Kier molecular flexibility index (Phi) is 5.70. The largest absolute Gasteiger partial charge is 0.364 e. The molecule has 124 valence electrons. The van der Waals surface area contributed by atoms with E-state index in [1.807, 2.05) is 0 Å². The average Bonchev–Trinajstić information content (AvgIpc) is 3.16. The Labute approximate surface area is 139 Å². The van der Waals surface area contributed by atoms with Gasteiger partial charge < -0.3 is 15.8 Å². The fraction of sp³-hybridized carbons (Fsp3) is 0.333. The van der Waals surface area contributed by atoms with Gasteiger partial charge in [-0.15, -0.1) is 12.4 Å². The van der Waals surface area contributed by atoms with Crippen molar-refractivity contribution < 1.29 is 13.9 Å². The van der Waals surface area contributed by atoms with Crippen LogP contribution in [0.1, 0.15) is 12.8 Å². The number of halogens is 2. The lowest BCUT2D eigenvalue weighted by atomic mass is 10.2. The third-order valence-corrected chi connectivity index (χ3v) is 3.61. The minimum atomic E-state index is -0.495. The predicted octanol–water partition coefficient (Wildman–Crippen LogP) is 1.88. The van der Waals surface area contributed by atoms with Crippen molar-refractivity contribution in [3.05, 3.63) is 42.5 Å². The molecule has 0 saturated carbocycles. The van der Waals surface area contributed by atoms with E-state index >= 15 is 0 Å². The van der Waals surface area contributed by atoms with E-state index in [1.165, 1.54) is 16.9 Å². The summed E-state index contributed by atoms with van der Waals surface area (Å²) >= 11 is 0. The van der Waals surface area contributed by atoms with E-state index in [2.05, 4.69) is 10.4 Å². The quantitative estimate of drug-likeness (QED) is 0.890. The van der Waals surface area contributed by atoms with Crippen LogP contribution in [0.5, 0.6) is 0 Å². The van der Waals surface area contributed by atoms with Gasteiger partial charge in [-0.1, -0.05) is 12.1 Å². The number of carbonyl (C=O) groups is 1. The maximum Gasteiger partial charge on any atom is 0.253 e. The molecule has 1 aliphatic heterocycles. The van der Waals surface area contributed by atoms with Gasteiger partial charge in [0.1, 0.15) is 17.6 Å². The van der Waals surface area contributed by atoms with Crippen LogP contribution in [-0.2, 0) is 9.53 Å². The van der Waals surface area contributed by atoms with Crippen LogP contribution in [-0.4, -0.2) is 34.4 Å². The molecule has 3 N–H and O–H groups in total. The van der Waals surface area contributed by atoms with Crippen molar-refractivity contribution in [2.45, 2.75) is 25.0 Å². The molecule has 0 unspecified atom stereocenters. The van der Waals surface area contributed by atoms with Crippen LogP contribution in [0.2, 0.25) is 0 Å². The summed E-state index contributed by atoms with van der Waals surface area (Å²) < 4.78 is 20.6. The van der Waals surface area contributed by atoms with Crippen LogP contribution in [0.25, 0.3) is 5.69 Å². The third kappa shape index (κ3) is 3.87. The van der Waals surface area contributed by atoms with Crippen molar-refractivity contribution >= 4 is 24.0 Å². The van der Waals surface area contributed by atoms with Crippen molar-refractivity contribution in [3.8, 4) is 5.69 Å². The maximum atomic E-state index is 13.7. The highest BCUT2D eigenvalue weighted by Crippen LogP contribution is 2.21. The second-order valence-electron chi connectivity index (χ2n) is 5.17. The number of benzene rings is 1. The normalized spacial score (nSPS) is 20.1. The van der Waals surface area contributed by atoms with E-state index < -0.39 is 6.10 Å². The van der Waals surface area contributed by atoms with E-state index in [0.29, 0.717) is 24.3 Å². The van der Waals surface area contributed by atoms with E-state index in [4.69, 9.17) is 10.5 Å². The lowest BCUT2D eigenvalue weighted by Gasteiger charge is -2.11. The summed E-state index contributed by atoms with van der Waals surface area (Å²) in [6.45, 7) is 0.412. The summed E-state index contributed by atoms with van der Waals surface area (Å²) in [5.74, 6) is -0.613. The SMILES string of the molecule is Cl.NC[C@H]1CC[C@@H](C(=O)Nc2cnn(-c3ccccc3F)c2)O1. The number of rotatable bonds is 4. The van der Waals surface area contributed by atoms with Gasteiger partial charge in [0.2, 0.25) is 0 Å². The van der Waals surface area contributed by atoms with E-state index in [1.54, 1.807) is 24.4 Å². The molecule has 0 bridgehead atoms. The number of anilines is 1. The van der Waals surface area contributed by atoms with E-state index in [-0.39, 0.29) is 30.2 Å². The van der Waals surface area contributed by atoms with Gasteiger partial charge in [0.15, 0.2) is 0 Å². The van der Waals surface area contributed by atoms with Crippen molar-refractivity contribution in [3.63, 3.8) is 0 Å². The Balaban J connectivity index is 0.00000192. The molecule has 1 amide bonds. The summed E-state index contributed by atoms with van der Waals surface area (Å²) in [5.41, 5.74) is 6.34. The molecule has 1 aromatic heterocycles. The summed E-state index contributed by atoms with van der Waals surface area (Å²) in [6, 6.07) is 6.29. The minimum Gasteiger partial charge on any atom is -0.364 e. The molecule has 1 saturated heterocycles. The van der Waals surface area contributed by atoms with Crippen LogP contribution in [0, 0.1) is 5.82 Å². The molecule has 2 aromatic rings. The Morgan fingerprint density at radius 3 is 2.91 bits per heavy atom. The fourth-order valence-corrected chi connectivity index (χ4v) is 2.45. The molecular formula is C15H18ClFN4O2. The van der Waals surface area contributed by atoms with Crippen LogP contribution in [0.4, 0.5) is 10.1 Å². The second-order valence-corrected chi connectivity index (χ2v) is 5.17. The number of amides is 1. The van der Waals surface area contributed by atoms with Crippen LogP contribution in [0.3, 0.4) is 0 Å². The van der Waals surface area contributed by atoms with E-state index in [9.17, 15) is 9.18 Å². The fourth-order valence-electron chi connectivity index (χ4n) is 2.45. The third-order valence-electron chi connectivity index (χ3n) is 3.61. The average molecular weight is 341 g/mol. The van der Waals surface area contributed by atoms with Gasteiger partial charge >= 0.3 is 0 Å². The van der Waals surface area contributed by atoms with Gasteiger partial charge in [-0.3, -0.25) is 4.79 Å². The summed E-state index contributed by atoms with van der Waals surface area (Å²) in [7, 11) is 0. The summed E-state index contributed by atoms with van der Waals surface area (Å²) in [6.07, 6.45) is 3.91. The van der Waals surface area contributed by atoms with Crippen LogP contribution in [0.15, 0.2) is 36.7 Å². The number of carbonyl (C=O) groups excluding carboxylic acids is 1. The topological polar surface area (TPSA) is 82.2 Å². The Hall–Kier alpha value is -1.96. The van der Waals surface area contributed by atoms with Crippen molar-refractivity contribution in [1.82, 2.24) is 9.78 Å². The molecule has 2 heterocycles. The van der Waals surface area contributed by atoms with Crippen molar-refractivity contribution in [1.29, 1.82) is 0 Å². The second kappa shape index (κ2) is 7.54.